The van der Waals surface area contributed by atoms with Crippen molar-refractivity contribution in [2.24, 2.45) is 5.92 Å². The first kappa shape index (κ1) is 26.0. The van der Waals surface area contributed by atoms with E-state index in [1.807, 2.05) is 0 Å². The van der Waals surface area contributed by atoms with Gasteiger partial charge in [0.25, 0.3) is 5.91 Å². The van der Waals surface area contributed by atoms with Crippen molar-refractivity contribution in [1.29, 1.82) is 0 Å². The van der Waals surface area contributed by atoms with Crippen LogP contribution in [-0.2, 0) is 4.79 Å². The number of carbonyl (C=O) groups excluding carboxylic acids is 2. The third-order valence-corrected chi connectivity index (χ3v) is 7.22. The number of hydrogen-bond donors (Lipinski definition) is 5. The van der Waals surface area contributed by atoms with Gasteiger partial charge >= 0.3 is 0 Å². The number of nitrogens with one attached hydrogen (secondary N) is 3. The van der Waals surface area contributed by atoms with Crippen LogP contribution < -0.4 is 20.1 Å². The molecule has 3 aromatic rings. The van der Waals surface area contributed by atoms with Crippen LogP contribution in [0.15, 0.2) is 18.5 Å². The molecule has 2 fully saturated rings. The van der Waals surface area contributed by atoms with Crippen molar-refractivity contribution in [2.45, 2.75) is 37.8 Å². The topological polar surface area (TPSA) is 159 Å². The van der Waals surface area contributed by atoms with Crippen molar-refractivity contribution in [3.05, 3.63) is 35.5 Å². The summed E-state index contributed by atoms with van der Waals surface area (Å²) in [6, 6.07) is 1.81. The molecule has 1 saturated heterocycles. The highest BCUT2D eigenvalue weighted by Crippen LogP contribution is 2.39. The van der Waals surface area contributed by atoms with E-state index in [1.54, 1.807) is 6.92 Å². The number of piperidine rings is 1. The molecular formula is C26H30FN5O6. The number of amides is 1. The Hall–Kier alpha value is -3.61. The molecule has 202 valence electrons. The summed E-state index contributed by atoms with van der Waals surface area (Å²) >= 11 is 0. The summed E-state index contributed by atoms with van der Waals surface area (Å²) in [6.07, 6.45) is 3.48. The number of aryl methyl sites for hydroxylation is 1. The molecule has 3 heterocycles. The summed E-state index contributed by atoms with van der Waals surface area (Å²) in [5.74, 6) is -1.13. The number of aromatic nitrogens is 3. The van der Waals surface area contributed by atoms with E-state index in [2.05, 4.69) is 25.6 Å². The molecule has 5 N–H and O–H groups in total. The van der Waals surface area contributed by atoms with Gasteiger partial charge in [-0.3, -0.25) is 9.59 Å². The number of fused-ring (bicyclic) bond motifs is 1. The lowest BCUT2D eigenvalue weighted by molar-refractivity contribution is -0.145. The van der Waals surface area contributed by atoms with E-state index < -0.39 is 35.8 Å². The predicted octanol–water partition coefficient (Wildman–Crippen LogP) is 1.25. The number of carbonyl (C=O) groups is 2. The highest BCUT2D eigenvalue weighted by atomic mass is 19.1. The predicted molar refractivity (Wildman–Crippen MR) is 135 cm³/mol. The molecule has 1 aliphatic heterocycles. The van der Waals surface area contributed by atoms with Crippen LogP contribution in [0.3, 0.4) is 0 Å². The minimum absolute atomic E-state index is 0.0180. The monoisotopic (exact) mass is 527 g/mol. The standard InChI is InChI=1S/C26H30FN5O6/c1-13-21(25(35)32-19-9-28-6-5-26(19,36)20(34)10-33)23-24(31-13)22(29-12-30-23)15-7-18(37-2)16(27)8-17(15)38-11-14-3-4-14/h7-8,12,14,19,28,31,33,36H,3-6,9-11H2,1-2H3,(H,32,35). The van der Waals surface area contributed by atoms with Crippen LogP contribution in [0.2, 0.25) is 0 Å². The van der Waals surface area contributed by atoms with Gasteiger partial charge in [-0.2, -0.15) is 0 Å². The molecule has 0 bridgehead atoms. The number of H-pyrrole nitrogens is 1. The van der Waals surface area contributed by atoms with Crippen molar-refractivity contribution in [2.75, 3.05) is 33.4 Å². The third-order valence-electron chi connectivity index (χ3n) is 7.22. The smallest absolute Gasteiger partial charge is 0.255 e. The highest BCUT2D eigenvalue weighted by molar-refractivity contribution is 6.09. The Morgan fingerprint density at radius 1 is 1.26 bits per heavy atom. The Labute approximate surface area is 217 Å². The second-order valence-electron chi connectivity index (χ2n) is 9.79. The maximum absolute atomic E-state index is 14.6. The quantitative estimate of drug-likeness (QED) is 0.276. The molecule has 2 aromatic heterocycles. The van der Waals surface area contributed by atoms with Gasteiger partial charge in [-0.1, -0.05) is 0 Å². The van der Waals surface area contributed by atoms with Crippen LogP contribution in [0.1, 0.15) is 35.3 Å². The SMILES string of the molecule is COc1cc(-c2ncnc3c(C(=O)NC4CNCCC4(O)C(=O)CO)c(C)[nH]c23)c(OCC2CC2)cc1F. The molecule has 2 atom stereocenters. The Morgan fingerprint density at radius 3 is 2.76 bits per heavy atom. The molecule has 5 rings (SSSR count). The van der Waals surface area contributed by atoms with Crippen molar-refractivity contribution in [3.63, 3.8) is 0 Å². The van der Waals surface area contributed by atoms with E-state index in [0.717, 1.165) is 12.8 Å². The average Bonchev–Trinajstić information content (AvgIpc) is 3.67. The lowest BCUT2D eigenvalue weighted by Crippen LogP contribution is -2.65. The van der Waals surface area contributed by atoms with E-state index in [0.29, 0.717) is 52.8 Å². The first-order valence-electron chi connectivity index (χ1n) is 12.5. The van der Waals surface area contributed by atoms with Crippen molar-refractivity contribution in [1.82, 2.24) is 25.6 Å². The zero-order valence-electron chi connectivity index (χ0n) is 21.1. The molecule has 1 aromatic carbocycles. The van der Waals surface area contributed by atoms with Crippen molar-refractivity contribution >= 4 is 22.7 Å². The number of ketones is 1. The van der Waals surface area contributed by atoms with Crippen LogP contribution in [0.25, 0.3) is 22.3 Å². The summed E-state index contributed by atoms with van der Waals surface area (Å²) in [4.78, 5) is 37.7. The van der Waals surface area contributed by atoms with E-state index >= 15 is 0 Å². The molecule has 12 heteroatoms. The maximum atomic E-state index is 14.6. The summed E-state index contributed by atoms with van der Waals surface area (Å²) in [5, 5.41) is 26.1. The number of methoxy groups -OCH3 is 1. The zero-order chi connectivity index (χ0) is 27.0. The minimum Gasteiger partial charge on any atom is -0.494 e. The van der Waals surface area contributed by atoms with Gasteiger partial charge < -0.3 is 35.3 Å². The Kier molecular flexibility index (Phi) is 7.03. The zero-order valence-corrected chi connectivity index (χ0v) is 21.1. The molecular weight excluding hydrogens is 497 g/mol. The highest BCUT2D eigenvalue weighted by Gasteiger charge is 2.46. The van der Waals surface area contributed by atoms with Crippen molar-refractivity contribution < 1.29 is 33.7 Å². The van der Waals surface area contributed by atoms with Crippen LogP contribution in [0.5, 0.6) is 11.5 Å². The molecule has 11 nitrogen and oxygen atoms in total. The minimum atomic E-state index is -1.89. The number of Topliss-reactive ketones (excluding diaryl/α,β-unsaturated/α-hetero) is 1. The van der Waals surface area contributed by atoms with Crippen LogP contribution in [0.4, 0.5) is 4.39 Å². The third kappa shape index (κ3) is 4.70. The second kappa shape index (κ2) is 10.3. The molecule has 0 radical (unpaired) electrons. The number of aromatic amines is 1. The number of benzene rings is 1. The number of nitrogens with zero attached hydrogens (tertiary/aromatic N) is 2. The van der Waals surface area contributed by atoms with Crippen LogP contribution in [0, 0.1) is 18.7 Å². The van der Waals surface area contributed by atoms with E-state index in [-0.39, 0.29) is 24.3 Å². The number of halogens is 1. The maximum Gasteiger partial charge on any atom is 0.255 e. The van der Waals surface area contributed by atoms with Crippen molar-refractivity contribution in [3.8, 4) is 22.8 Å². The Morgan fingerprint density at radius 2 is 2.05 bits per heavy atom. The van der Waals surface area contributed by atoms with Gasteiger partial charge in [0.05, 0.1) is 30.8 Å². The summed E-state index contributed by atoms with van der Waals surface area (Å²) in [5.41, 5.74) is 0.410. The Bertz CT molecular complexity index is 1390. The number of rotatable bonds is 9. The van der Waals surface area contributed by atoms with Gasteiger partial charge in [0.15, 0.2) is 17.3 Å². The molecule has 2 unspecified atom stereocenters. The number of aliphatic hydroxyl groups excluding tert-OH is 1. The fourth-order valence-electron chi connectivity index (χ4n) is 4.83. The lowest BCUT2D eigenvalue weighted by Gasteiger charge is -2.39. The van der Waals surface area contributed by atoms with E-state index in [9.17, 15) is 24.2 Å². The molecule has 1 amide bonds. The van der Waals surface area contributed by atoms with Gasteiger partial charge in [0.2, 0.25) is 0 Å². The van der Waals surface area contributed by atoms with E-state index in [1.165, 1.54) is 25.6 Å². The first-order valence-corrected chi connectivity index (χ1v) is 12.5. The van der Waals surface area contributed by atoms with Gasteiger partial charge in [-0.25, -0.2) is 14.4 Å². The lowest BCUT2D eigenvalue weighted by atomic mass is 9.83. The van der Waals surface area contributed by atoms with Gasteiger partial charge in [-0.15, -0.1) is 0 Å². The number of hydrogen-bond acceptors (Lipinski definition) is 9. The molecule has 38 heavy (non-hydrogen) atoms. The molecule has 0 spiro atoms. The number of aliphatic hydroxyl groups is 2. The summed E-state index contributed by atoms with van der Waals surface area (Å²) in [6.45, 7) is 1.82. The largest absolute Gasteiger partial charge is 0.494 e. The van der Waals surface area contributed by atoms with Gasteiger partial charge in [-0.05, 0) is 44.7 Å². The first-order chi connectivity index (χ1) is 18.3. The number of ether oxygens (including phenoxy) is 2. The second-order valence-corrected chi connectivity index (χ2v) is 9.79. The fraction of sp³-hybridized carbons (Fsp3) is 0.462. The molecule has 1 saturated carbocycles. The van der Waals surface area contributed by atoms with Gasteiger partial charge in [0.1, 0.15) is 35.5 Å². The normalized spacial score (nSPS) is 21.3. The Balaban J connectivity index is 1.53. The van der Waals surface area contributed by atoms with Crippen LogP contribution in [-0.4, -0.2) is 81.9 Å². The van der Waals surface area contributed by atoms with E-state index in [4.69, 9.17) is 9.47 Å². The molecule has 1 aliphatic carbocycles. The fourth-order valence-corrected chi connectivity index (χ4v) is 4.83. The van der Waals surface area contributed by atoms with Gasteiger partial charge in [0, 0.05) is 23.9 Å². The summed E-state index contributed by atoms with van der Waals surface area (Å²) < 4.78 is 25.7. The average molecular weight is 528 g/mol. The molecule has 2 aliphatic rings. The summed E-state index contributed by atoms with van der Waals surface area (Å²) in [7, 11) is 1.37. The van der Waals surface area contributed by atoms with Crippen LogP contribution >= 0.6 is 0 Å².